The molecule has 8 nitrogen and oxygen atoms in total. The van der Waals surface area contributed by atoms with Crippen LogP contribution in [0.2, 0.25) is 0 Å². The van der Waals surface area contributed by atoms with Gasteiger partial charge in [-0.05, 0) is 13.8 Å². The quantitative estimate of drug-likeness (QED) is 0.746. The highest BCUT2D eigenvalue weighted by atomic mass is 16.5. The van der Waals surface area contributed by atoms with E-state index in [2.05, 4.69) is 25.2 Å². The molecule has 2 aromatic heterocycles. The van der Waals surface area contributed by atoms with Crippen LogP contribution in [-0.2, 0) is 0 Å². The number of aromatic amines is 1. The maximum absolute atomic E-state index is 11.8. The summed E-state index contributed by atoms with van der Waals surface area (Å²) in [6.45, 7) is 3.48. The van der Waals surface area contributed by atoms with Crippen molar-refractivity contribution in [3.8, 4) is 0 Å². The van der Waals surface area contributed by atoms with Gasteiger partial charge >= 0.3 is 5.97 Å². The van der Waals surface area contributed by atoms with Gasteiger partial charge in [-0.15, -0.1) is 0 Å². The van der Waals surface area contributed by atoms with Gasteiger partial charge in [0.05, 0.1) is 17.1 Å². The second kappa shape index (κ2) is 4.32. The number of nitrogens with zero attached hydrogens (tertiary/aromatic N) is 2. The van der Waals surface area contributed by atoms with Gasteiger partial charge in [0, 0.05) is 6.07 Å². The van der Waals surface area contributed by atoms with Crippen LogP contribution in [-0.4, -0.2) is 32.3 Å². The first-order valence-electron chi connectivity index (χ1n) is 5.02. The Morgan fingerprint density at radius 3 is 2.67 bits per heavy atom. The van der Waals surface area contributed by atoms with Crippen LogP contribution in [0.5, 0.6) is 0 Å². The first-order valence-corrected chi connectivity index (χ1v) is 5.02. The van der Waals surface area contributed by atoms with E-state index in [1.165, 1.54) is 0 Å². The van der Waals surface area contributed by atoms with Crippen LogP contribution < -0.4 is 5.32 Å². The number of rotatable bonds is 3. The number of carbonyl (C=O) groups excluding carboxylic acids is 1. The van der Waals surface area contributed by atoms with E-state index in [4.69, 9.17) is 5.11 Å². The smallest absolute Gasteiger partial charge is 0.374 e. The number of amides is 1. The van der Waals surface area contributed by atoms with Gasteiger partial charge in [-0.2, -0.15) is 5.10 Å². The molecule has 0 aliphatic rings. The molecule has 0 aliphatic carbocycles. The van der Waals surface area contributed by atoms with Crippen molar-refractivity contribution in [2.24, 2.45) is 0 Å². The molecule has 2 rings (SSSR count). The van der Waals surface area contributed by atoms with Gasteiger partial charge < -0.3 is 14.9 Å². The van der Waals surface area contributed by atoms with E-state index in [-0.39, 0.29) is 11.5 Å². The Hall–Kier alpha value is -2.64. The first-order chi connectivity index (χ1) is 8.49. The highest BCUT2D eigenvalue weighted by molar-refractivity contribution is 6.04. The van der Waals surface area contributed by atoms with E-state index < -0.39 is 11.9 Å². The summed E-state index contributed by atoms with van der Waals surface area (Å²) in [5.41, 5.74) is 1.76. The highest BCUT2D eigenvalue weighted by Gasteiger charge is 2.18. The summed E-state index contributed by atoms with van der Waals surface area (Å²) < 4.78 is 4.49. The number of carboxylic acid groups (broad SMARTS) is 1. The molecular formula is C10H10N4O4. The lowest BCUT2D eigenvalue weighted by Gasteiger charge is -2.01. The Bertz CT molecular complexity index is 594. The molecule has 18 heavy (non-hydrogen) atoms. The van der Waals surface area contributed by atoms with Gasteiger partial charge in [-0.25, -0.2) is 4.79 Å². The third-order valence-electron chi connectivity index (χ3n) is 2.32. The lowest BCUT2D eigenvalue weighted by atomic mass is 10.3. The number of aryl methyl sites for hydroxylation is 2. The minimum absolute atomic E-state index is 0.104. The van der Waals surface area contributed by atoms with Crippen molar-refractivity contribution in [1.82, 2.24) is 15.4 Å². The number of aromatic carboxylic acids is 1. The van der Waals surface area contributed by atoms with Crippen LogP contribution in [0.3, 0.4) is 0 Å². The normalized spacial score (nSPS) is 10.3. The number of H-pyrrole nitrogens is 1. The number of carbonyl (C=O) groups is 2. The lowest BCUT2D eigenvalue weighted by molar-refractivity contribution is 0.0651. The minimum atomic E-state index is -1.28. The van der Waals surface area contributed by atoms with Gasteiger partial charge in [0.1, 0.15) is 0 Å². The molecule has 0 bridgehead atoms. The lowest BCUT2D eigenvalue weighted by Crippen LogP contribution is -2.13. The molecule has 0 unspecified atom stereocenters. The van der Waals surface area contributed by atoms with Crippen molar-refractivity contribution in [2.75, 3.05) is 5.32 Å². The number of hydrogen-bond donors (Lipinski definition) is 3. The van der Waals surface area contributed by atoms with Crippen molar-refractivity contribution in [2.45, 2.75) is 13.8 Å². The summed E-state index contributed by atoms with van der Waals surface area (Å²) in [4.78, 5) is 22.4. The van der Waals surface area contributed by atoms with Crippen LogP contribution in [0.15, 0.2) is 10.6 Å². The van der Waals surface area contributed by atoms with E-state index in [1.807, 2.05) is 0 Å². The summed E-state index contributed by atoms with van der Waals surface area (Å²) in [6, 6.07) is 1.06. The molecule has 0 radical (unpaired) electrons. The topological polar surface area (TPSA) is 121 Å². The Kier molecular flexibility index (Phi) is 2.84. The zero-order valence-electron chi connectivity index (χ0n) is 9.64. The highest BCUT2D eigenvalue weighted by Crippen LogP contribution is 2.17. The molecule has 0 saturated carbocycles. The predicted molar refractivity (Wildman–Crippen MR) is 59.5 cm³/mol. The Morgan fingerprint density at radius 1 is 1.44 bits per heavy atom. The Balaban J connectivity index is 2.19. The molecule has 2 aromatic rings. The molecule has 0 spiro atoms. The van der Waals surface area contributed by atoms with Gasteiger partial charge in [-0.3, -0.25) is 9.89 Å². The molecule has 3 N–H and O–H groups in total. The van der Waals surface area contributed by atoms with Crippen LogP contribution >= 0.6 is 0 Å². The molecule has 1 amide bonds. The largest absolute Gasteiger partial charge is 0.475 e. The van der Waals surface area contributed by atoms with Crippen LogP contribution in [0.1, 0.15) is 32.4 Å². The van der Waals surface area contributed by atoms with Crippen LogP contribution in [0, 0.1) is 13.8 Å². The molecule has 0 aliphatic heterocycles. The van der Waals surface area contributed by atoms with Gasteiger partial charge in [0.15, 0.2) is 5.69 Å². The summed E-state index contributed by atoms with van der Waals surface area (Å²) in [5.74, 6) is -2.23. The van der Waals surface area contributed by atoms with Crippen LogP contribution in [0.25, 0.3) is 0 Å². The second-order valence-electron chi connectivity index (χ2n) is 3.64. The maximum atomic E-state index is 11.8. The summed E-state index contributed by atoms with van der Waals surface area (Å²) in [6.07, 6.45) is 0. The monoisotopic (exact) mass is 250 g/mol. The van der Waals surface area contributed by atoms with Crippen molar-refractivity contribution in [3.05, 3.63) is 28.9 Å². The first kappa shape index (κ1) is 11.8. The molecule has 0 aromatic carbocycles. The van der Waals surface area contributed by atoms with E-state index in [9.17, 15) is 9.59 Å². The summed E-state index contributed by atoms with van der Waals surface area (Å²) >= 11 is 0. The van der Waals surface area contributed by atoms with Gasteiger partial charge in [-0.1, -0.05) is 5.16 Å². The fraction of sp³-hybridized carbons (Fsp3) is 0.200. The molecule has 2 heterocycles. The van der Waals surface area contributed by atoms with Gasteiger partial charge in [0.2, 0.25) is 5.76 Å². The molecular weight excluding hydrogens is 240 g/mol. The third-order valence-corrected chi connectivity index (χ3v) is 2.32. The SMILES string of the molecule is Cc1n[nH]c(C)c1NC(=O)c1cc(C(=O)O)on1. The van der Waals surface area contributed by atoms with Crippen molar-refractivity contribution in [3.63, 3.8) is 0 Å². The fourth-order valence-corrected chi connectivity index (χ4v) is 1.40. The maximum Gasteiger partial charge on any atom is 0.374 e. The van der Waals surface area contributed by atoms with Crippen molar-refractivity contribution in [1.29, 1.82) is 0 Å². The number of aromatic nitrogens is 3. The third kappa shape index (κ3) is 2.08. The van der Waals surface area contributed by atoms with Crippen LogP contribution in [0.4, 0.5) is 5.69 Å². The molecule has 0 atom stereocenters. The zero-order valence-corrected chi connectivity index (χ0v) is 9.64. The number of carboxylic acids is 1. The molecule has 0 fully saturated rings. The van der Waals surface area contributed by atoms with E-state index in [0.29, 0.717) is 17.1 Å². The summed E-state index contributed by atoms with van der Waals surface area (Å²) in [7, 11) is 0. The molecule has 0 saturated heterocycles. The number of anilines is 1. The Morgan fingerprint density at radius 2 is 2.17 bits per heavy atom. The molecule has 94 valence electrons. The summed E-state index contributed by atoms with van der Waals surface area (Å²) in [5, 5.41) is 21.2. The van der Waals surface area contributed by atoms with E-state index in [0.717, 1.165) is 6.07 Å². The average molecular weight is 250 g/mol. The minimum Gasteiger partial charge on any atom is -0.475 e. The van der Waals surface area contributed by atoms with E-state index >= 15 is 0 Å². The zero-order chi connectivity index (χ0) is 13.3. The molecule has 8 heteroatoms. The standard InChI is InChI=1S/C10H10N4O4/c1-4-8(5(2)13-12-4)11-9(15)6-3-7(10(16)17)18-14-6/h3H,1-2H3,(H,11,15)(H,12,13)(H,16,17). The second-order valence-corrected chi connectivity index (χ2v) is 3.64. The number of nitrogens with one attached hydrogen (secondary N) is 2. The van der Waals surface area contributed by atoms with E-state index in [1.54, 1.807) is 13.8 Å². The van der Waals surface area contributed by atoms with Crippen molar-refractivity contribution >= 4 is 17.6 Å². The van der Waals surface area contributed by atoms with Gasteiger partial charge in [0.25, 0.3) is 5.91 Å². The Labute approximate surface area is 101 Å². The average Bonchev–Trinajstić information content (AvgIpc) is 2.91. The number of hydrogen-bond acceptors (Lipinski definition) is 5. The van der Waals surface area contributed by atoms with Crippen molar-refractivity contribution < 1.29 is 19.2 Å². The fourth-order valence-electron chi connectivity index (χ4n) is 1.40. The predicted octanol–water partition coefficient (Wildman–Crippen LogP) is 0.965.